The largest absolute Gasteiger partial charge is 0.382 e. The Hall–Kier alpha value is -0.620. The van der Waals surface area contributed by atoms with E-state index in [0.717, 1.165) is 37.5 Å². The van der Waals surface area contributed by atoms with E-state index in [9.17, 15) is 0 Å². The van der Waals surface area contributed by atoms with Gasteiger partial charge >= 0.3 is 0 Å². The molecule has 4 unspecified atom stereocenters. The summed E-state index contributed by atoms with van der Waals surface area (Å²) >= 11 is 0. The molecule has 1 spiro atoms. The number of hydrogen-bond acceptors (Lipinski definition) is 9. The molecule has 7 rings (SSSR count). The molecule has 9 nitrogen and oxygen atoms in total. The fraction of sp³-hybridized carbons (Fsp3) is 0.947. The summed E-state index contributed by atoms with van der Waals surface area (Å²) in [4.78, 5) is 0. The molecular formula is C38H62O9. The zero-order chi connectivity index (χ0) is 33.4. The molecule has 0 bridgehead atoms. The Balaban J connectivity index is 1.03. The Morgan fingerprint density at radius 1 is 0.851 bits per heavy atom. The van der Waals surface area contributed by atoms with Crippen molar-refractivity contribution in [3.8, 4) is 0 Å². The average Bonchev–Trinajstić information content (AvgIpc) is 3.66. The van der Waals surface area contributed by atoms with Crippen molar-refractivity contribution in [1.29, 1.82) is 0 Å². The molecule has 6 fully saturated rings. The van der Waals surface area contributed by atoms with Gasteiger partial charge in [0.15, 0.2) is 12.1 Å². The molecule has 0 aromatic carbocycles. The van der Waals surface area contributed by atoms with Gasteiger partial charge in [0.1, 0.15) is 24.4 Å². The summed E-state index contributed by atoms with van der Waals surface area (Å²) in [6.45, 7) is 10.5. The Bertz CT molecular complexity index is 1160. The van der Waals surface area contributed by atoms with Gasteiger partial charge in [0, 0.05) is 47.9 Å². The van der Waals surface area contributed by atoms with Crippen LogP contribution in [0.25, 0.3) is 0 Å². The molecule has 3 saturated carbocycles. The molecule has 47 heavy (non-hydrogen) atoms. The van der Waals surface area contributed by atoms with Gasteiger partial charge < -0.3 is 42.6 Å². The Labute approximate surface area is 283 Å². The third-order valence-corrected chi connectivity index (χ3v) is 14.8. The first-order chi connectivity index (χ1) is 22.5. The fourth-order valence-electron chi connectivity index (χ4n) is 12.3. The van der Waals surface area contributed by atoms with Crippen LogP contribution in [0.2, 0.25) is 0 Å². The molecule has 0 amide bonds. The molecule has 0 aromatic heterocycles. The first kappa shape index (κ1) is 34.8. The lowest BCUT2D eigenvalue weighted by atomic mass is 9.47. The molecule has 268 valence electrons. The van der Waals surface area contributed by atoms with Gasteiger partial charge in [-0.1, -0.05) is 32.4 Å². The number of methoxy groups -OCH3 is 5. The van der Waals surface area contributed by atoms with Gasteiger partial charge in [-0.15, -0.1) is 0 Å². The molecule has 7 aliphatic rings. The zero-order valence-electron chi connectivity index (χ0n) is 30.5. The quantitative estimate of drug-likeness (QED) is 0.280. The lowest BCUT2D eigenvalue weighted by Gasteiger charge is -2.58. The highest BCUT2D eigenvalue weighted by atomic mass is 16.8. The highest BCUT2D eigenvalue weighted by molar-refractivity contribution is 5.26. The van der Waals surface area contributed by atoms with Gasteiger partial charge in [-0.05, 0) is 92.8 Å². The standard InChI is InChI=1S/C38H62O9/c1-22-30-28(19-27-25-11-10-23-18-24(40-6)12-14-36(23,3)26(25)13-15-37(27,30)4)46-38(22)17-16-35(2,47-38)21-44-34-33(43-9)32(42-8)31(41-7)29(45-34)20-39-5/h10,22,24-34H,11-21H2,1-9H3/t22-,24?,25+,26-,27-,28-,29+,30-,31+,32-,33+,34?,35?,36-,37-,38?/m0/s1. The summed E-state index contributed by atoms with van der Waals surface area (Å²) in [6.07, 6.45) is 11.5. The van der Waals surface area contributed by atoms with Crippen molar-refractivity contribution in [2.24, 2.45) is 40.4 Å². The van der Waals surface area contributed by atoms with E-state index in [-0.39, 0.29) is 29.8 Å². The smallest absolute Gasteiger partial charge is 0.187 e. The van der Waals surface area contributed by atoms with Crippen LogP contribution < -0.4 is 0 Å². The van der Waals surface area contributed by atoms with Gasteiger partial charge in [0.25, 0.3) is 0 Å². The molecule has 4 aliphatic carbocycles. The minimum Gasteiger partial charge on any atom is -0.382 e. The SMILES string of the molecule is COC[C@H]1OC(OCC2(C)CCC3(O[C@H]4C[C@H]5[C@@H]6CC=C7CC(OC)CC[C@]7(C)[C@H]6CC[C@]5(C)[C@H]4[C@@H]3C)O2)[C@H](OC)[C@@H](OC)[C@@H]1OC. The predicted octanol–water partition coefficient (Wildman–Crippen LogP) is 5.92. The second-order valence-corrected chi connectivity index (χ2v) is 16.9. The van der Waals surface area contributed by atoms with Crippen molar-refractivity contribution in [3.05, 3.63) is 11.6 Å². The van der Waals surface area contributed by atoms with E-state index in [1.54, 1.807) is 34.0 Å². The lowest BCUT2D eigenvalue weighted by molar-refractivity contribution is -0.327. The van der Waals surface area contributed by atoms with Gasteiger partial charge in [0.05, 0.1) is 31.0 Å². The predicted molar refractivity (Wildman–Crippen MR) is 176 cm³/mol. The maximum atomic E-state index is 7.17. The van der Waals surface area contributed by atoms with Crippen LogP contribution in [-0.4, -0.2) is 103 Å². The van der Waals surface area contributed by atoms with Crippen molar-refractivity contribution in [1.82, 2.24) is 0 Å². The number of allylic oxidation sites excluding steroid dienone is 1. The first-order valence-electron chi connectivity index (χ1n) is 18.4. The Morgan fingerprint density at radius 3 is 2.32 bits per heavy atom. The van der Waals surface area contributed by atoms with Crippen LogP contribution in [0, 0.1) is 40.4 Å². The molecule has 3 aliphatic heterocycles. The summed E-state index contributed by atoms with van der Waals surface area (Å²) in [6, 6.07) is 0. The monoisotopic (exact) mass is 662 g/mol. The van der Waals surface area contributed by atoms with E-state index < -0.39 is 23.8 Å². The Kier molecular flexibility index (Phi) is 9.52. The van der Waals surface area contributed by atoms with Crippen LogP contribution in [-0.2, 0) is 42.6 Å². The third-order valence-electron chi connectivity index (χ3n) is 14.8. The zero-order valence-corrected chi connectivity index (χ0v) is 30.5. The van der Waals surface area contributed by atoms with Crippen molar-refractivity contribution < 1.29 is 42.6 Å². The number of ether oxygens (including phenoxy) is 9. The van der Waals surface area contributed by atoms with Crippen LogP contribution in [0.1, 0.15) is 85.5 Å². The first-order valence-corrected chi connectivity index (χ1v) is 18.4. The molecule has 3 heterocycles. The van der Waals surface area contributed by atoms with E-state index in [2.05, 4.69) is 33.8 Å². The molecule has 0 radical (unpaired) electrons. The Morgan fingerprint density at radius 2 is 1.62 bits per heavy atom. The molecule has 0 aromatic rings. The van der Waals surface area contributed by atoms with Crippen molar-refractivity contribution in [2.75, 3.05) is 48.8 Å². The minimum atomic E-state index is -0.638. The van der Waals surface area contributed by atoms with E-state index >= 15 is 0 Å². The lowest BCUT2D eigenvalue weighted by Crippen LogP contribution is -2.61. The van der Waals surface area contributed by atoms with Crippen LogP contribution >= 0.6 is 0 Å². The maximum Gasteiger partial charge on any atom is 0.187 e. The number of fused-ring (bicyclic) bond motifs is 7. The fourth-order valence-corrected chi connectivity index (χ4v) is 12.3. The summed E-state index contributed by atoms with van der Waals surface area (Å²) in [5.74, 6) is 2.52. The maximum absolute atomic E-state index is 7.17. The van der Waals surface area contributed by atoms with Crippen LogP contribution in [0.15, 0.2) is 11.6 Å². The van der Waals surface area contributed by atoms with E-state index in [1.165, 1.54) is 32.1 Å². The normalized spacial score (nSPS) is 53.8. The average molecular weight is 663 g/mol. The second kappa shape index (κ2) is 12.9. The van der Waals surface area contributed by atoms with Gasteiger partial charge in [0.2, 0.25) is 0 Å². The van der Waals surface area contributed by atoms with Crippen LogP contribution in [0.4, 0.5) is 0 Å². The summed E-state index contributed by atoms with van der Waals surface area (Å²) in [5, 5.41) is 0. The second-order valence-electron chi connectivity index (χ2n) is 16.9. The minimum absolute atomic E-state index is 0.257. The summed E-state index contributed by atoms with van der Waals surface area (Å²) in [5.41, 5.74) is 1.81. The molecule has 16 atom stereocenters. The van der Waals surface area contributed by atoms with Gasteiger partial charge in [-0.2, -0.15) is 0 Å². The van der Waals surface area contributed by atoms with E-state index in [1.807, 2.05) is 7.11 Å². The van der Waals surface area contributed by atoms with Gasteiger partial charge in [-0.25, -0.2) is 0 Å². The van der Waals surface area contributed by atoms with Gasteiger partial charge in [-0.3, -0.25) is 0 Å². The van der Waals surface area contributed by atoms with Crippen molar-refractivity contribution in [2.45, 2.75) is 140 Å². The van der Waals surface area contributed by atoms with Crippen LogP contribution in [0.3, 0.4) is 0 Å². The van der Waals surface area contributed by atoms with Crippen LogP contribution in [0.5, 0.6) is 0 Å². The molecule has 3 saturated heterocycles. The van der Waals surface area contributed by atoms with Crippen molar-refractivity contribution in [3.63, 3.8) is 0 Å². The van der Waals surface area contributed by atoms with E-state index in [4.69, 9.17) is 42.6 Å². The molecular weight excluding hydrogens is 600 g/mol. The topological polar surface area (TPSA) is 83.1 Å². The number of rotatable bonds is 9. The molecule has 0 N–H and O–H groups in total. The highest BCUT2D eigenvalue weighted by Crippen LogP contribution is 2.71. The van der Waals surface area contributed by atoms with E-state index in [0.29, 0.717) is 42.5 Å². The summed E-state index contributed by atoms with van der Waals surface area (Å²) in [7, 11) is 8.53. The molecule has 9 heteroatoms. The summed E-state index contributed by atoms with van der Waals surface area (Å²) < 4.78 is 55.8. The number of hydrogen-bond donors (Lipinski definition) is 0. The highest BCUT2D eigenvalue weighted by Gasteiger charge is 2.70. The van der Waals surface area contributed by atoms with Crippen molar-refractivity contribution >= 4 is 0 Å². The third kappa shape index (κ3) is 5.43.